The maximum absolute atomic E-state index is 11.5. The van der Waals surface area contributed by atoms with E-state index in [-0.39, 0.29) is 6.10 Å². The van der Waals surface area contributed by atoms with E-state index in [0.717, 1.165) is 24.7 Å². The first-order chi connectivity index (χ1) is 8.66. The zero-order valence-electron chi connectivity index (χ0n) is 11.4. The lowest BCUT2D eigenvalue weighted by Gasteiger charge is -2.34. The van der Waals surface area contributed by atoms with Crippen molar-refractivity contribution in [1.29, 1.82) is 0 Å². The minimum absolute atomic E-state index is 0.114. The van der Waals surface area contributed by atoms with Gasteiger partial charge in [-0.1, -0.05) is 32.1 Å². The van der Waals surface area contributed by atoms with Crippen LogP contribution in [0.2, 0.25) is 0 Å². The molecule has 0 amide bonds. The van der Waals surface area contributed by atoms with E-state index in [2.05, 4.69) is 0 Å². The van der Waals surface area contributed by atoms with E-state index in [4.69, 9.17) is 4.52 Å². The van der Waals surface area contributed by atoms with Crippen molar-refractivity contribution in [2.75, 3.05) is 0 Å². The van der Waals surface area contributed by atoms with Crippen LogP contribution in [-0.2, 0) is 9.09 Å². The highest BCUT2D eigenvalue weighted by molar-refractivity contribution is 7.39. The van der Waals surface area contributed by atoms with Gasteiger partial charge in [-0.05, 0) is 42.1 Å². The van der Waals surface area contributed by atoms with E-state index in [0.29, 0.717) is 0 Å². The maximum Gasteiger partial charge on any atom is 0.540 e. The fourth-order valence-corrected chi connectivity index (χ4v) is 4.19. The van der Waals surface area contributed by atoms with Gasteiger partial charge in [-0.2, -0.15) is 0 Å². The molecular weight excluding hydrogens is 247 g/mol. The summed E-state index contributed by atoms with van der Waals surface area (Å²) in [5.41, 5.74) is 0. The van der Waals surface area contributed by atoms with Crippen molar-refractivity contribution >= 4 is 8.03 Å². The summed E-state index contributed by atoms with van der Waals surface area (Å²) in [5.74, 6) is 0.968. The van der Waals surface area contributed by atoms with Crippen molar-refractivity contribution in [2.45, 2.75) is 76.7 Å². The second-order valence-electron chi connectivity index (χ2n) is 5.96. The van der Waals surface area contributed by atoms with Crippen molar-refractivity contribution in [3.05, 3.63) is 0 Å². The zero-order valence-corrected chi connectivity index (χ0v) is 12.3. The molecule has 1 N–H and O–H groups in total. The minimum Gasteiger partial charge on any atom is -0.349 e. The quantitative estimate of drug-likeness (QED) is 0.780. The van der Waals surface area contributed by atoms with Crippen LogP contribution in [0, 0.1) is 11.8 Å². The zero-order chi connectivity index (χ0) is 13.0. The summed E-state index contributed by atoms with van der Waals surface area (Å²) in [6.45, 7) is 1.53. The van der Waals surface area contributed by atoms with Crippen LogP contribution < -0.4 is 0 Å². The van der Waals surface area contributed by atoms with Crippen molar-refractivity contribution in [1.82, 2.24) is 0 Å². The van der Waals surface area contributed by atoms with Gasteiger partial charge < -0.3 is 5.11 Å². The Labute approximate surface area is 111 Å². The Morgan fingerprint density at radius 2 is 1.56 bits per heavy atom. The second kappa shape index (κ2) is 6.98. The Morgan fingerprint density at radius 3 is 2.11 bits per heavy atom. The highest BCUT2D eigenvalue weighted by atomic mass is 31.1. The van der Waals surface area contributed by atoms with Crippen LogP contribution in [0.25, 0.3) is 0 Å². The number of aliphatic hydroxyl groups excluding tert-OH is 1. The van der Waals surface area contributed by atoms with Crippen LogP contribution in [0.5, 0.6) is 0 Å². The van der Waals surface area contributed by atoms with Crippen molar-refractivity contribution < 1.29 is 14.2 Å². The monoisotopic (exact) mass is 273 g/mol. The van der Waals surface area contributed by atoms with Crippen molar-refractivity contribution in [3.8, 4) is 0 Å². The molecule has 2 aliphatic rings. The van der Waals surface area contributed by atoms with Gasteiger partial charge in [-0.15, -0.1) is 4.52 Å². The largest absolute Gasteiger partial charge is 0.540 e. The topological polar surface area (TPSA) is 46.5 Å². The average molecular weight is 273 g/mol. The fraction of sp³-hybridized carbons (Fsp3) is 1.00. The molecule has 2 saturated carbocycles. The summed E-state index contributed by atoms with van der Waals surface area (Å²) in [7, 11) is -1.89. The summed E-state index contributed by atoms with van der Waals surface area (Å²) in [6.07, 6.45) is 11.7. The Bertz CT molecular complexity index is 266. The van der Waals surface area contributed by atoms with E-state index in [1.165, 1.54) is 51.9 Å². The Kier molecular flexibility index (Phi) is 5.59. The number of rotatable bonds is 4. The van der Waals surface area contributed by atoms with Gasteiger partial charge in [0.2, 0.25) is 0 Å². The lowest BCUT2D eigenvalue weighted by atomic mass is 9.73. The van der Waals surface area contributed by atoms with E-state index in [1.807, 2.05) is 0 Å². The first-order valence-electron chi connectivity index (χ1n) is 7.48. The lowest BCUT2D eigenvalue weighted by Crippen LogP contribution is -2.26. The molecule has 0 radical (unpaired) electrons. The standard InChI is InChI=1S/C14H26O3P/c1-11(15)18(16)17-14-9-7-13(8-10-14)12-5-3-2-4-6-12/h11-15H,2-10H2,1H3/q+1. The van der Waals surface area contributed by atoms with Gasteiger partial charge in [0.25, 0.3) is 5.85 Å². The normalized spacial score (nSPS) is 33.1. The molecule has 4 heteroatoms. The van der Waals surface area contributed by atoms with E-state index >= 15 is 0 Å². The van der Waals surface area contributed by atoms with Crippen molar-refractivity contribution in [2.24, 2.45) is 11.8 Å². The predicted molar refractivity (Wildman–Crippen MR) is 72.7 cm³/mol. The van der Waals surface area contributed by atoms with E-state index in [1.54, 1.807) is 0 Å². The number of aliphatic hydroxyl groups is 1. The first-order valence-corrected chi connectivity index (χ1v) is 8.72. The molecule has 0 heterocycles. The molecule has 3 nitrogen and oxygen atoms in total. The first kappa shape index (κ1) is 14.4. The summed E-state index contributed by atoms with van der Waals surface area (Å²) in [4.78, 5) is 0. The van der Waals surface area contributed by atoms with Crippen LogP contribution in [-0.4, -0.2) is 17.1 Å². The van der Waals surface area contributed by atoms with E-state index in [9.17, 15) is 9.67 Å². The molecule has 2 rings (SSSR count). The van der Waals surface area contributed by atoms with Crippen LogP contribution >= 0.6 is 8.03 Å². The predicted octanol–water partition coefficient (Wildman–Crippen LogP) is 4.22. The maximum atomic E-state index is 11.5. The summed E-state index contributed by atoms with van der Waals surface area (Å²) in [6, 6.07) is 0. The molecular formula is C14H26O3P+. The molecule has 0 aromatic rings. The van der Waals surface area contributed by atoms with Gasteiger partial charge in [-0.3, -0.25) is 0 Å². The van der Waals surface area contributed by atoms with Gasteiger partial charge >= 0.3 is 8.03 Å². The van der Waals surface area contributed by atoms with Gasteiger partial charge in [-0.25, -0.2) is 0 Å². The van der Waals surface area contributed by atoms with Crippen LogP contribution in [0.1, 0.15) is 64.7 Å². The molecule has 2 unspecified atom stereocenters. The number of hydrogen-bond acceptors (Lipinski definition) is 3. The smallest absolute Gasteiger partial charge is 0.349 e. The summed E-state index contributed by atoms with van der Waals surface area (Å²) >= 11 is 0. The van der Waals surface area contributed by atoms with Crippen LogP contribution in [0.15, 0.2) is 0 Å². The Morgan fingerprint density at radius 1 is 1.00 bits per heavy atom. The van der Waals surface area contributed by atoms with Gasteiger partial charge in [0.05, 0.1) is 0 Å². The SMILES string of the molecule is CC(O)[P+](=O)OC1CCC(C2CCCCC2)CC1. The highest BCUT2D eigenvalue weighted by Crippen LogP contribution is 2.41. The van der Waals surface area contributed by atoms with Gasteiger partial charge in [0, 0.05) is 6.92 Å². The third-order valence-corrected chi connectivity index (χ3v) is 5.71. The van der Waals surface area contributed by atoms with Crippen LogP contribution in [0.4, 0.5) is 0 Å². The van der Waals surface area contributed by atoms with Gasteiger partial charge in [0.15, 0.2) is 0 Å². The third kappa shape index (κ3) is 4.01. The third-order valence-electron chi connectivity index (χ3n) is 4.59. The molecule has 104 valence electrons. The summed E-state index contributed by atoms with van der Waals surface area (Å²) in [5, 5.41) is 9.20. The molecule has 18 heavy (non-hydrogen) atoms. The molecule has 0 bridgehead atoms. The summed E-state index contributed by atoms with van der Waals surface area (Å²) < 4.78 is 16.9. The molecule has 2 fully saturated rings. The molecule has 0 spiro atoms. The molecule has 0 aromatic heterocycles. The fourth-order valence-electron chi connectivity index (χ4n) is 3.51. The Balaban J connectivity index is 1.72. The van der Waals surface area contributed by atoms with Crippen LogP contribution in [0.3, 0.4) is 0 Å². The molecule has 0 aliphatic heterocycles. The molecule has 0 saturated heterocycles. The average Bonchev–Trinajstić information content (AvgIpc) is 2.40. The molecule has 2 atom stereocenters. The van der Waals surface area contributed by atoms with E-state index < -0.39 is 13.9 Å². The minimum atomic E-state index is -1.89. The highest BCUT2D eigenvalue weighted by Gasteiger charge is 2.35. The lowest BCUT2D eigenvalue weighted by molar-refractivity contribution is 0.0979. The number of hydrogen-bond donors (Lipinski definition) is 1. The molecule has 0 aromatic carbocycles. The second-order valence-corrected chi connectivity index (χ2v) is 7.49. The molecule has 2 aliphatic carbocycles. The Hall–Kier alpha value is 0.0200. The van der Waals surface area contributed by atoms with Gasteiger partial charge in [0.1, 0.15) is 6.10 Å². The van der Waals surface area contributed by atoms with Crippen molar-refractivity contribution in [3.63, 3.8) is 0 Å².